The Morgan fingerprint density at radius 3 is 2.15 bits per heavy atom. The van der Waals surface area contributed by atoms with E-state index in [1.54, 1.807) is 0 Å². The van der Waals surface area contributed by atoms with E-state index in [1.807, 2.05) is 42.5 Å². The van der Waals surface area contributed by atoms with E-state index in [-0.39, 0.29) is 12.1 Å². The second kappa shape index (κ2) is 6.82. The van der Waals surface area contributed by atoms with Crippen molar-refractivity contribution in [2.45, 2.75) is 25.9 Å². The Bertz CT molecular complexity index is 598. The maximum absolute atomic E-state index is 6.22. The van der Waals surface area contributed by atoms with E-state index in [1.165, 1.54) is 0 Å². The number of nitrogens with one attached hydrogen (secondary N) is 1. The predicted octanol–water partition coefficient (Wildman–Crippen LogP) is 6.06. The summed E-state index contributed by atoms with van der Waals surface area (Å²) in [5.74, 6) is 0. The van der Waals surface area contributed by atoms with Crippen molar-refractivity contribution >= 4 is 34.8 Å². The van der Waals surface area contributed by atoms with Crippen molar-refractivity contribution < 1.29 is 0 Å². The van der Waals surface area contributed by atoms with Crippen LogP contribution in [-0.2, 0) is 0 Å². The average molecular weight is 329 g/mol. The monoisotopic (exact) mass is 327 g/mol. The van der Waals surface area contributed by atoms with Gasteiger partial charge in [-0.25, -0.2) is 0 Å². The number of hydrogen-bond acceptors (Lipinski definition) is 1. The fourth-order valence-electron chi connectivity index (χ4n) is 2.17. The molecule has 0 aliphatic rings. The smallest absolute Gasteiger partial charge is 0.0595 e. The van der Waals surface area contributed by atoms with E-state index in [0.717, 1.165) is 16.1 Å². The topological polar surface area (TPSA) is 12.0 Å². The molecular formula is C16H16Cl3N. The summed E-state index contributed by atoms with van der Waals surface area (Å²) in [6, 6.07) is 13.8. The van der Waals surface area contributed by atoms with Crippen LogP contribution in [0, 0.1) is 0 Å². The zero-order valence-electron chi connectivity index (χ0n) is 11.3. The Morgan fingerprint density at radius 1 is 0.800 bits per heavy atom. The number of benzene rings is 2. The molecule has 0 heterocycles. The molecule has 1 nitrogen and oxygen atoms in total. The molecule has 2 rings (SSSR count). The minimum Gasteiger partial charge on any atom is -0.304 e. The van der Waals surface area contributed by atoms with Crippen molar-refractivity contribution in [3.05, 3.63) is 68.7 Å². The molecule has 0 amide bonds. The zero-order chi connectivity index (χ0) is 14.7. The van der Waals surface area contributed by atoms with Gasteiger partial charge in [-0.2, -0.15) is 0 Å². The molecule has 0 bridgehead atoms. The molecule has 1 unspecified atom stereocenters. The molecule has 2 atom stereocenters. The van der Waals surface area contributed by atoms with Crippen molar-refractivity contribution in [1.82, 2.24) is 5.32 Å². The van der Waals surface area contributed by atoms with Gasteiger partial charge in [0.05, 0.1) is 10.0 Å². The van der Waals surface area contributed by atoms with Crippen molar-refractivity contribution in [3.63, 3.8) is 0 Å². The van der Waals surface area contributed by atoms with Gasteiger partial charge in [-0.1, -0.05) is 59.1 Å². The molecule has 0 aliphatic heterocycles. The summed E-state index contributed by atoms with van der Waals surface area (Å²) in [5.41, 5.74) is 2.18. The van der Waals surface area contributed by atoms with Gasteiger partial charge in [0.1, 0.15) is 0 Å². The fourth-order valence-corrected chi connectivity index (χ4v) is 2.77. The van der Waals surface area contributed by atoms with Gasteiger partial charge in [0, 0.05) is 17.1 Å². The van der Waals surface area contributed by atoms with Crippen LogP contribution in [0.4, 0.5) is 0 Å². The predicted molar refractivity (Wildman–Crippen MR) is 87.9 cm³/mol. The lowest BCUT2D eigenvalue weighted by atomic mass is 10.0. The van der Waals surface area contributed by atoms with Gasteiger partial charge in [-0.05, 0) is 43.2 Å². The third kappa shape index (κ3) is 3.67. The number of rotatable bonds is 4. The second-order valence-electron chi connectivity index (χ2n) is 4.81. The van der Waals surface area contributed by atoms with Crippen LogP contribution in [0.25, 0.3) is 0 Å². The van der Waals surface area contributed by atoms with Crippen LogP contribution in [0.3, 0.4) is 0 Å². The average Bonchev–Trinajstić information content (AvgIpc) is 2.42. The van der Waals surface area contributed by atoms with Gasteiger partial charge >= 0.3 is 0 Å². The van der Waals surface area contributed by atoms with E-state index in [9.17, 15) is 0 Å². The third-order valence-electron chi connectivity index (χ3n) is 3.32. The second-order valence-corrected chi connectivity index (χ2v) is 6.03. The van der Waals surface area contributed by atoms with Gasteiger partial charge in [0.2, 0.25) is 0 Å². The third-order valence-corrected chi connectivity index (χ3v) is 4.40. The minimum atomic E-state index is 0.146. The highest BCUT2D eigenvalue weighted by Crippen LogP contribution is 2.28. The fraction of sp³-hybridized carbons (Fsp3) is 0.250. The highest BCUT2D eigenvalue weighted by Gasteiger charge is 2.14. The van der Waals surface area contributed by atoms with Gasteiger partial charge < -0.3 is 5.32 Å². The first-order valence-corrected chi connectivity index (χ1v) is 7.58. The summed E-state index contributed by atoms with van der Waals surface area (Å²) in [4.78, 5) is 0. The Balaban J connectivity index is 2.13. The Labute approximate surface area is 134 Å². The van der Waals surface area contributed by atoms with E-state index < -0.39 is 0 Å². The molecule has 0 saturated heterocycles. The molecule has 4 heteroatoms. The highest BCUT2D eigenvalue weighted by atomic mass is 35.5. The lowest BCUT2D eigenvalue weighted by molar-refractivity contribution is 0.495. The summed E-state index contributed by atoms with van der Waals surface area (Å²) >= 11 is 18.2. The van der Waals surface area contributed by atoms with Crippen LogP contribution < -0.4 is 5.32 Å². The van der Waals surface area contributed by atoms with Gasteiger partial charge in [-0.3, -0.25) is 0 Å². The standard InChI is InChI=1S/C16H16Cl3N/c1-10(12-7-8-15(18)16(19)9-12)20-11(2)13-5-3-4-6-14(13)17/h3-11,20H,1-2H3/t10?,11-/m1/s1. The number of halogens is 3. The molecular weight excluding hydrogens is 313 g/mol. The normalized spacial score (nSPS) is 14.1. The van der Waals surface area contributed by atoms with Crippen LogP contribution in [0.2, 0.25) is 15.1 Å². The molecule has 106 valence electrons. The Morgan fingerprint density at radius 2 is 1.50 bits per heavy atom. The highest BCUT2D eigenvalue weighted by molar-refractivity contribution is 6.42. The SMILES string of the molecule is CC(N[C@H](C)c1ccccc1Cl)c1ccc(Cl)c(Cl)c1. The maximum atomic E-state index is 6.22. The molecule has 0 radical (unpaired) electrons. The summed E-state index contributed by atoms with van der Waals surface area (Å²) in [5, 5.41) is 5.43. The first-order valence-electron chi connectivity index (χ1n) is 6.44. The molecule has 0 aromatic heterocycles. The minimum absolute atomic E-state index is 0.146. The van der Waals surface area contributed by atoms with Crippen molar-refractivity contribution in [2.24, 2.45) is 0 Å². The first kappa shape index (κ1) is 15.7. The summed E-state index contributed by atoms with van der Waals surface area (Å²) in [6.45, 7) is 4.18. The zero-order valence-corrected chi connectivity index (χ0v) is 13.6. The Kier molecular flexibility index (Phi) is 5.34. The van der Waals surface area contributed by atoms with Crippen LogP contribution in [0.15, 0.2) is 42.5 Å². The van der Waals surface area contributed by atoms with E-state index in [0.29, 0.717) is 10.0 Å². The Hall–Kier alpha value is -0.730. The largest absolute Gasteiger partial charge is 0.304 e. The van der Waals surface area contributed by atoms with Gasteiger partial charge in [0.25, 0.3) is 0 Å². The van der Waals surface area contributed by atoms with E-state index in [4.69, 9.17) is 34.8 Å². The lowest BCUT2D eigenvalue weighted by Crippen LogP contribution is -2.22. The van der Waals surface area contributed by atoms with Crippen LogP contribution >= 0.6 is 34.8 Å². The lowest BCUT2D eigenvalue weighted by Gasteiger charge is -2.22. The molecule has 2 aromatic carbocycles. The summed E-state index contributed by atoms with van der Waals surface area (Å²) in [6.07, 6.45) is 0. The van der Waals surface area contributed by atoms with Gasteiger partial charge in [-0.15, -0.1) is 0 Å². The maximum Gasteiger partial charge on any atom is 0.0595 e. The molecule has 0 saturated carbocycles. The molecule has 0 spiro atoms. The van der Waals surface area contributed by atoms with Crippen molar-refractivity contribution in [1.29, 1.82) is 0 Å². The van der Waals surface area contributed by atoms with Crippen molar-refractivity contribution in [3.8, 4) is 0 Å². The summed E-state index contributed by atoms with van der Waals surface area (Å²) in [7, 11) is 0. The van der Waals surface area contributed by atoms with Crippen LogP contribution in [0.5, 0.6) is 0 Å². The quantitative estimate of drug-likeness (QED) is 0.719. The molecule has 1 N–H and O–H groups in total. The number of hydrogen-bond donors (Lipinski definition) is 1. The van der Waals surface area contributed by atoms with Crippen molar-refractivity contribution in [2.75, 3.05) is 0 Å². The van der Waals surface area contributed by atoms with Gasteiger partial charge in [0.15, 0.2) is 0 Å². The van der Waals surface area contributed by atoms with Crippen LogP contribution in [0.1, 0.15) is 37.1 Å². The summed E-state index contributed by atoms with van der Waals surface area (Å²) < 4.78 is 0. The molecule has 20 heavy (non-hydrogen) atoms. The molecule has 0 fully saturated rings. The first-order chi connectivity index (χ1) is 9.49. The van der Waals surface area contributed by atoms with E-state index in [2.05, 4.69) is 19.2 Å². The van der Waals surface area contributed by atoms with E-state index >= 15 is 0 Å². The van der Waals surface area contributed by atoms with Crippen LogP contribution in [-0.4, -0.2) is 0 Å². The molecule has 2 aromatic rings. The molecule has 0 aliphatic carbocycles.